The predicted molar refractivity (Wildman–Crippen MR) is 88.6 cm³/mol. The molecule has 0 spiro atoms. The second-order valence-corrected chi connectivity index (χ2v) is 5.27. The molecule has 2 aromatic rings. The van der Waals surface area contributed by atoms with Crippen molar-refractivity contribution in [2.75, 3.05) is 0 Å². The summed E-state index contributed by atoms with van der Waals surface area (Å²) in [5.41, 5.74) is 3.77. The highest BCUT2D eigenvalue weighted by molar-refractivity contribution is 6.42. The molecule has 0 aliphatic carbocycles. The largest absolute Gasteiger partial charge is 0.489 e. The van der Waals surface area contributed by atoms with Crippen molar-refractivity contribution >= 4 is 35.2 Å². The van der Waals surface area contributed by atoms with E-state index >= 15 is 0 Å². The Balaban J connectivity index is 2.02. The van der Waals surface area contributed by atoms with Crippen LogP contribution in [0.5, 0.6) is 5.75 Å². The average Bonchev–Trinajstić information content (AvgIpc) is 2.54. The molecule has 3 N–H and O–H groups in total. The van der Waals surface area contributed by atoms with Crippen LogP contribution in [0.2, 0.25) is 10.0 Å². The summed E-state index contributed by atoms with van der Waals surface area (Å²) in [6.45, 7) is 0.368. The summed E-state index contributed by atoms with van der Waals surface area (Å²) >= 11 is 11.8. The molecule has 0 saturated heterocycles. The van der Waals surface area contributed by atoms with Crippen LogP contribution in [-0.2, 0) is 11.4 Å². The SMILES string of the molecule is NNC(=O)C=Cc1cccc(OCc2ccc(Cl)c(Cl)c2)c1. The Morgan fingerprint density at radius 2 is 2.00 bits per heavy atom. The van der Waals surface area contributed by atoms with Crippen molar-refractivity contribution in [3.05, 3.63) is 69.7 Å². The quantitative estimate of drug-likeness (QED) is 0.379. The first-order valence-electron chi connectivity index (χ1n) is 6.44. The fourth-order valence-corrected chi connectivity index (χ4v) is 2.04. The highest BCUT2D eigenvalue weighted by Crippen LogP contribution is 2.23. The maximum Gasteiger partial charge on any atom is 0.257 e. The summed E-state index contributed by atoms with van der Waals surface area (Å²) < 4.78 is 5.70. The van der Waals surface area contributed by atoms with Gasteiger partial charge in [-0.15, -0.1) is 0 Å². The summed E-state index contributed by atoms with van der Waals surface area (Å²) in [6, 6.07) is 12.7. The number of hydrogen-bond acceptors (Lipinski definition) is 3. The molecular weight excluding hydrogens is 323 g/mol. The highest BCUT2D eigenvalue weighted by atomic mass is 35.5. The molecule has 0 aliphatic heterocycles. The molecule has 2 rings (SSSR count). The topological polar surface area (TPSA) is 64.3 Å². The van der Waals surface area contributed by atoms with Crippen LogP contribution >= 0.6 is 23.2 Å². The van der Waals surface area contributed by atoms with Gasteiger partial charge in [-0.05, 0) is 41.5 Å². The fraction of sp³-hybridized carbons (Fsp3) is 0.0625. The van der Waals surface area contributed by atoms with E-state index in [-0.39, 0.29) is 5.91 Å². The number of carbonyl (C=O) groups is 1. The minimum Gasteiger partial charge on any atom is -0.489 e. The van der Waals surface area contributed by atoms with Gasteiger partial charge >= 0.3 is 0 Å². The first-order valence-corrected chi connectivity index (χ1v) is 7.19. The number of benzene rings is 2. The van der Waals surface area contributed by atoms with E-state index in [1.165, 1.54) is 6.08 Å². The fourth-order valence-electron chi connectivity index (χ4n) is 1.72. The van der Waals surface area contributed by atoms with Gasteiger partial charge in [-0.25, -0.2) is 5.84 Å². The standard InChI is InChI=1S/C16H14Cl2N2O2/c17-14-6-4-12(9-15(14)18)10-22-13-3-1-2-11(8-13)5-7-16(21)20-19/h1-9H,10,19H2,(H,20,21). The Bertz CT molecular complexity index is 702. The summed E-state index contributed by atoms with van der Waals surface area (Å²) in [6.07, 6.45) is 2.99. The molecule has 0 aromatic heterocycles. The highest BCUT2D eigenvalue weighted by Gasteiger charge is 2.01. The summed E-state index contributed by atoms with van der Waals surface area (Å²) in [7, 11) is 0. The third kappa shape index (κ3) is 4.77. The van der Waals surface area contributed by atoms with Gasteiger partial charge in [-0.3, -0.25) is 10.2 Å². The number of nitrogens with one attached hydrogen (secondary N) is 1. The summed E-state index contributed by atoms with van der Waals surface area (Å²) in [4.78, 5) is 11.1. The lowest BCUT2D eigenvalue weighted by Crippen LogP contribution is -2.27. The van der Waals surface area contributed by atoms with E-state index in [2.05, 4.69) is 0 Å². The Morgan fingerprint density at radius 1 is 1.18 bits per heavy atom. The van der Waals surface area contributed by atoms with Crippen molar-refractivity contribution in [1.82, 2.24) is 5.43 Å². The second kappa shape index (κ2) is 7.84. The number of hydrogen-bond donors (Lipinski definition) is 2. The lowest BCUT2D eigenvalue weighted by Gasteiger charge is -2.08. The Hall–Kier alpha value is -2.01. The van der Waals surface area contributed by atoms with Crippen LogP contribution in [0.15, 0.2) is 48.5 Å². The minimum absolute atomic E-state index is 0.368. The van der Waals surface area contributed by atoms with E-state index < -0.39 is 0 Å². The molecule has 0 heterocycles. The van der Waals surface area contributed by atoms with Gasteiger partial charge in [0, 0.05) is 6.08 Å². The van der Waals surface area contributed by atoms with Crippen LogP contribution in [0.4, 0.5) is 0 Å². The van der Waals surface area contributed by atoms with Gasteiger partial charge in [-0.2, -0.15) is 0 Å². The molecule has 1 amide bonds. The lowest BCUT2D eigenvalue weighted by atomic mass is 10.2. The first kappa shape index (κ1) is 16.4. The van der Waals surface area contributed by atoms with E-state index in [9.17, 15) is 4.79 Å². The Labute approximate surface area is 138 Å². The molecule has 0 saturated carbocycles. The first-order chi connectivity index (χ1) is 10.6. The van der Waals surface area contributed by atoms with Crippen molar-refractivity contribution in [3.63, 3.8) is 0 Å². The Kier molecular flexibility index (Phi) is 5.83. The monoisotopic (exact) mass is 336 g/mol. The second-order valence-electron chi connectivity index (χ2n) is 4.45. The zero-order chi connectivity index (χ0) is 15.9. The van der Waals surface area contributed by atoms with Crippen molar-refractivity contribution in [2.24, 2.45) is 5.84 Å². The molecule has 0 radical (unpaired) electrons. The van der Waals surface area contributed by atoms with Crippen LogP contribution in [0, 0.1) is 0 Å². The molecule has 0 bridgehead atoms. The number of halogens is 2. The van der Waals surface area contributed by atoms with Crippen LogP contribution in [-0.4, -0.2) is 5.91 Å². The molecule has 4 nitrogen and oxygen atoms in total. The maximum absolute atomic E-state index is 11.1. The van der Waals surface area contributed by atoms with E-state index in [0.717, 1.165) is 11.1 Å². The number of nitrogens with two attached hydrogens (primary N) is 1. The average molecular weight is 337 g/mol. The van der Waals surface area contributed by atoms with Gasteiger partial charge < -0.3 is 4.74 Å². The number of rotatable bonds is 5. The minimum atomic E-state index is -0.373. The van der Waals surface area contributed by atoms with Crippen molar-refractivity contribution in [3.8, 4) is 5.75 Å². The number of amides is 1. The van der Waals surface area contributed by atoms with Gasteiger partial charge in [0.2, 0.25) is 0 Å². The van der Waals surface area contributed by atoms with Crippen molar-refractivity contribution < 1.29 is 9.53 Å². The van der Waals surface area contributed by atoms with Gasteiger partial charge in [-0.1, -0.05) is 41.4 Å². The van der Waals surface area contributed by atoms with Crippen LogP contribution in [0.3, 0.4) is 0 Å². The van der Waals surface area contributed by atoms with Crippen LogP contribution in [0.25, 0.3) is 6.08 Å². The van der Waals surface area contributed by atoms with Gasteiger partial charge in [0.15, 0.2) is 0 Å². The zero-order valence-corrected chi connectivity index (χ0v) is 13.1. The van der Waals surface area contributed by atoms with E-state index in [0.29, 0.717) is 22.4 Å². The summed E-state index contributed by atoms with van der Waals surface area (Å²) in [5.74, 6) is 5.31. The smallest absolute Gasteiger partial charge is 0.257 e. The van der Waals surface area contributed by atoms with E-state index in [4.69, 9.17) is 33.8 Å². The zero-order valence-electron chi connectivity index (χ0n) is 11.6. The molecule has 0 fully saturated rings. The van der Waals surface area contributed by atoms with Crippen LogP contribution in [0.1, 0.15) is 11.1 Å². The van der Waals surface area contributed by atoms with Crippen LogP contribution < -0.4 is 16.0 Å². The summed E-state index contributed by atoms with van der Waals surface area (Å²) in [5, 5.41) is 1.00. The molecule has 0 aliphatic rings. The molecule has 22 heavy (non-hydrogen) atoms. The number of ether oxygens (including phenoxy) is 1. The van der Waals surface area contributed by atoms with Crippen molar-refractivity contribution in [2.45, 2.75) is 6.61 Å². The molecule has 2 aromatic carbocycles. The molecular formula is C16H14Cl2N2O2. The predicted octanol–water partition coefficient (Wildman–Crippen LogP) is 3.58. The lowest BCUT2D eigenvalue weighted by molar-refractivity contribution is -0.116. The van der Waals surface area contributed by atoms with Gasteiger partial charge in [0.25, 0.3) is 5.91 Å². The normalized spacial score (nSPS) is 10.7. The Morgan fingerprint density at radius 3 is 2.73 bits per heavy atom. The molecule has 114 valence electrons. The number of carbonyl (C=O) groups excluding carboxylic acids is 1. The van der Waals surface area contributed by atoms with E-state index in [1.807, 2.05) is 35.8 Å². The molecule has 6 heteroatoms. The third-order valence-corrected chi connectivity index (χ3v) is 3.56. The molecule has 0 unspecified atom stereocenters. The third-order valence-electron chi connectivity index (χ3n) is 2.82. The maximum atomic E-state index is 11.1. The number of hydrazine groups is 1. The van der Waals surface area contributed by atoms with Gasteiger partial charge in [0.1, 0.15) is 12.4 Å². The molecule has 0 atom stereocenters. The van der Waals surface area contributed by atoms with E-state index in [1.54, 1.807) is 18.2 Å². The van der Waals surface area contributed by atoms with Gasteiger partial charge in [0.05, 0.1) is 10.0 Å². The van der Waals surface area contributed by atoms with Crippen molar-refractivity contribution in [1.29, 1.82) is 0 Å².